The van der Waals surface area contributed by atoms with E-state index in [0.29, 0.717) is 6.42 Å². The first-order valence-electron chi connectivity index (χ1n) is 5.61. The van der Waals surface area contributed by atoms with Crippen LogP contribution in [0.3, 0.4) is 0 Å². The average Bonchev–Trinajstić information content (AvgIpc) is 2.29. The van der Waals surface area contributed by atoms with Crippen LogP contribution in [0, 0.1) is 12.3 Å². The quantitative estimate of drug-likeness (QED) is 0.574. The Morgan fingerprint density at radius 1 is 1.53 bits per heavy atom. The fourth-order valence-corrected chi connectivity index (χ4v) is 2.04. The van der Waals surface area contributed by atoms with Crippen molar-refractivity contribution in [1.82, 2.24) is 4.90 Å². The third kappa shape index (κ3) is 4.45. The smallest absolute Gasteiger partial charge is 0.409 e. The summed E-state index contributed by atoms with van der Waals surface area (Å²) >= 11 is 6.14. The summed E-state index contributed by atoms with van der Waals surface area (Å²) in [7, 11) is 3.31. The molecule has 1 aliphatic rings. The van der Waals surface area contributed by atoms with Crippen molar-refractivity contribution in [2.24, 2.45) is 0 Å². The van der Waals surface area contributed by atoms with Gasteiger partial charge in [-0.25, -0.2) is 4.79 Å². The number of rotatable bonds is 3. The topological polar surface area (TPSA) is 38.8 Å². The van der Waals surface area contributed by atoms with Crippen molar-refractivity contribution in [3.63, 3.8) is 0 Å². The average molecular weight is 260 g/mol. The standard InChI is InChI=1S/C12H18ClNO3/c1-4-7-16-11-8-9(5-6-10(11)13)17-12(15)14(2)3/h1,9-11H,5-8H2,2-3H3. The van der Waals surface area contributed by atoms with Crippen LogP contribution >= 0.6 is 11.6 Å². The molecule has 96 valence electrons. The van der Waals surface area contributed by atoms with Gasteiger partial charge in [0.15, 0.2) is 0 Å². The van der Waals surface area contributed by atoms with E-state index in [9.17, 15) is 4.79 Å². The first-order valence-corrected chi connectivity index (χ1v) is 6.05. The highest BCUT2D eigenvalue weighted by atomic mass is 35.5. The zero-order valence-corrected chi connectivity index (χ0v) is 10.9. The van der Waals surface area contributed by atoms with Gasteiger partial charge in [0, 0.05) is 20.5 Å². The minimum Gasteiger partial charge on any atom is -0.446 e. The predicted octanol–water partition coefficient (Wildman–Crippen LogP) is 1.86. The van der Waals surface area contributed by atoms with Gasteiger partial charge in [0.2, 0.25) is 0 Å². The number of terminal acetylenes is 1. The van der Waals surface area contributed by atoms with Gasteiger partial charge in [-0.2, -0.15) is 0 Å². The van der Waals surface area contributed by atoms with Crippen LogP contribution in [0.5, 0.6) is 0 Å². The zero-order valence-electron chi connectivity index (χ0n) is 10.2. The van der Waals surface area contributed by atoms with E-state index in [1.54, 1.807) is 14.1 Å². The van der Waals surface area contributed by atoms with Crippen molar-refractivity contribution < 1.29 is 14.3 Å². The fourth-order valence-electron chi connectivity index (χ4n) is 1.74. The molecule has 0 heterocycles. The summed E-state index contributed by atoms with van der Waals surface area (Å²) < 4.78 is 10.8. The number of alkyl halides is 1. The molecule has 5 heteroatoms. The molecule has 0 bridgehead atoms. The number of ether oxygens (including phenoxy) is 2. The molecule has 0 aromatic rings. The maximum absolute atomic E-state index is 11.4. The molecular formula is C12H18ClNO3. The van der Waals surface area contributed by atoms with E-state index in [-0.39, 0.29) is 30.3 Å². The van der Waals surface area contributed by atoms with Crippen LogP contribution < -0.4 is 0 Å². The van der Waals surface area contributed by atoms with Crippen LogP contribution in [0.15, 0.2) is 0 Å². The molecule has 4 nitrogen and oxygen atoms in total. The lowest BCUT2D eigenvalue weighted by atomic mass is 9.94. The van der Waals surface area contributed by atoms with E-state index in [1.165, 1.54) is 4.90 Å². The molecule has 17 heavy (non-hydrogen) atoms. The number of carbonyl (C=O) groups is 1. The van der Waals surface area contributed by atoms with Crippen molar-refractivity contribution >= 4 is 17.7 Å². The van der Waals surface area contributed by atoms with Gasteiger partial charge >= 0.3 is 6.09 Å². The maximum Gasteiger partial charge on any atom is 0.409 e. The Hall–Kier alpha value is -0.920. The number of hydrogen-bond acceptors (Lipinski definition) is 3. The van der Waals surface area contributed by atoms with Gasteiger partial charge in [-0.3, -0.25) is 0 Å². The molecular weight excluding hydrogens is 242 g/mol. The third-order valence-electron chi connectivity index (χ3n) is 2.68. The van der Waals surface area contributed by atoms with Gasteiger partial charge in [0.1, 0.15) is 12.7 Å². The van der Waals surface area contributed by atoms with Crippen LogP contribution in [-0.2, 0) is 9.47 Å². The van der Waals surface area contributed by atoms with Crippen molar-refractivity contribution in [3.8, 4) is 12.3 Å². The Balaban J connectivity index is 2.44. The van der Waals surface area contributed by atoms with Gasteiger partial charge in [-0.1, -0.05) is 5.92 Å². The molecule has 1 saturated carbocycles. The molecule has 0 saturated heterocycles. The molecule has 3 atom stereocenters. The Bertz CT molecular complexity index is 301. The monoisotopic (exact) mass is 259 g/mol. The number of amides is 1. The van der Waals surface area contributed by atoms with Gasteiger partial charge in [0.05, 0.1) is 11.5 Å². The lowest BCUT2D eigenvalue weighted by Gasteiger charge is -2.32. The fraction of sp³-hybridized carbons (Fsp3) is 0.750. The zero-order chi connectivity index (χ0) is 12.8. The van der Waals surface area contributed by atoms with Gasteiger partial charge < -0.3 is 14.4 Å². The summed E-state index contributed by atoms with van der Waals surface area (Å²) in [6.07, 6.45) is 6.67. The minimum atomic E-state index is -0.335. The molecule has 3 unspecified atom stereocenters. The van der Waals surface area contributed by atoms with Crippen molar-refractivity contribution in [2.45, 2.75) is 36.8 Å². The SMILES string of the molecule is C#CCOC1CC(OC(=O)N(C)C)CCC1Cl. The van der Waals surface area contributed by atoms with Crippen LogP contribution in [0.2, 0.25) is 0 Å². The molecule has 1 aliphatic carbocycles. The first kappa shape index (κ1) is 14.1. The predicted molar refractivity (Wildman–Crippen MR) is 66.0 cm³/mol. The summed E-state index contributed by atoms with van der Waals surface area (Å²) in [6.45, 7) is 0.238. The summed E-state index contributed by atoms with van der Waals surface area (Å²) in [5.74, 6) is 2.41. The minimum absolute atomic E-state index is 0.0577. The van der Waals surface area contributed by atoms with Crippen molar-refractivity contribution in [1.29, 1.82) is 0 Å². The Kier molecular flexibility index (Phi) is 5.60. The molecule has 0 N–H and O–H groups in total. The van der Waals surface area contributed by atoms with E-state index >= 15 is 0 Å². The number of nitrogens with zero attached hydrogens (tertiary/aromatic N) is 1. The largest absolute Gasteiger partial charge is 0.446 e. The third-order valence-corrected chi connectivity index (χ3v) is 3.18. The molecule has 0 spiro atoms. The second kappa shape index (κ2) is 6.73. The maximum atomic E-state index is 11.4. The molecule has 0 radical (unpaired) electrons. The van der Waals surface area contributed by atoms with E-state index in [4.69, 9.17) is 27.5 Å². The highest BCUT2D eigenvalue weighted by Crippen LogP contribution is 2.28. The second-order valence-corrected chi connectivity index (χ2v) is 4.84. The lowest BCUT2D eigenvalue weighted by Crippen LogP contribution is -2.39. The number of carbonyl (C=O) groups excluding carboxylic acids is 1. The lowest BCUT2D eigenvalue weighted by molar-refractivity contribution is -0.0128. The summed E-state index contributed by atoms with van der Waals surface area (Å²) in [6, 6.07) is 0. The summed E-state index contributed by atoms with van der Waals surface area (Å²) in [4.78, 5) is 12.8. The molecule has 0 aromatic carbocycles. The van der Waals surface area contributed by atoms with Crippen LogP contribution in [0.1, 0.15) is 19.3 Å². The normalized spacial score (nSPS) is 28.2. The Morgan fingerprint density at radius 3 is 2.82 bits per heavy atom. The number of hydrogen-bond donors (Lipinski definition) is 0. The van der Waals surface area contributed by atoms with E-state index in [2.05, 4.69) is 5.92 Å². The van der Waals surface area contributed by atoms with Crippen molar-refractivity contribution in [2.75, 3.05) is 20.7 Å². The molecule has 1 fully saturated rings. The first-order chi connectivity index (χ1) is 8.04. The summed E-state index contributed by atoms with van der Waals surface area (Å²) in [5.41, 5.74) is 0. The van der Waals surface area contributed by atoms with Crippen molar-refractivity contribution in [3.05, 3.63) is 0 Å². The number of halogens is 1. The molecule has 1 rings (SSSR count). The molecule has 1 amide bonds. The molecule has 0 aliphatic heterocycles. The summed E-state index contributed by atoms with van der Waals surface area (Å²) in [5, 5.41) is -0.0577. The van der Waals surface area contributed by atoms with Gasteiger partial charge in [-0.15, -0.1) is 18.0 Å². The van der Waals surface area contributed by atoms with Crippen LogP contribution in [-0.4, -0.2) is 49.3 Å². The Morgan fingerprint density at radius 2 is 2.24 bits per heavy atom. The van der Waals surface area contributed by atoms with Gasteiger partial charge in [-0.05, 0) is 12.8 Å². The Labute approximate surface area is 107 Å². The van der Waals surface area contributed by atoms with E-state index in [1.807, 2.05) is 0 Å². The second-order valence-electron chi connectivity index (χ2n) is 4.28. The van der Waals surface area contributed by atoms with Crippen LogP contribution in [0.25, 0.3) is 0 Å². The van der Waals surface area contributed by atoms with Crippen LogP contribution in [0.4, 0.5) is 4.79 Å². The van der Waals surface area contributed by atoms with E-state index < -0.39 is 0 Å². The highest BCUT2D eigenvalue weighted by molar-refractivity contribution is 6.21. The highest BCUT2D eigenvalue weighted by Gasteiger charge is 2.32. The molecule has 0 aromatic heterocycles. The van der Waals surface area contributed by atoms with Gasteiger partial charge in [0.25, 0.3) is 0 Å². The van der Waals surface area contributed by atoms with E-state index in [0.717, 1.165) is 12.8 Å².